The van der Waals surface area contributed by atoms with Crippen LogP contribution in [0.4, 0.5) is 0 Å². The molecule has 2 saturated heterocycles. The van der Waals surface area contributed by atoms with Gasteiger partial charge in [0.15, 0.2) is 0 Å². The first-order valence-electron chi connectivity index (χ1n) is 8.20. The van der Waals surface area contributed by atoms with Crippen molar-refractivity contribution in [2.24, 2.45) is 5.73 Å². The second-order valence-electron chi connectivity index (χ2n) is 7.51. The number of amides is 1. The predicted octanol–water partition coefficient (Wildman–Crippen LogP) is 1.58. The molecule has 1 amide bonds. The summed E-state index contributed by atoms with van der Waals surface area (Å²) in [6.07, 6.45) is 0.864. The fourth-order valence-corrected chi connectivity index (χ4v) is 2.95. The van der Waals surface area contributed by atoms with E-state index >= 15 is 0 Å². The Morgan fingerprint density at radius 2 is 1.88 bits per heavy atom. The maximum atomic E-state index is 12.6. The number of nitrogens with zero attached hydrogens (tertiary/aromatic N) is 1. The highest BCUT2D eigenvalue weighted by atomic mass is 35.5. The number of hydrogen-bond donors (Lipinski definition) is 1. The molecule has 7 heteroatoms. The highest BCUT2D eigenvalue weighted by Gasteiger charge is 2.51. The third kappa shape index (κ3) is 3.47. The Morgan fingerprint density at radius 1 is 1.25 bits per heavy atom. The molecular formula is C17H26BClN2O3. The van der Waals surface area contributed by atoms with Crippen LogP contribution in [0.3, 0.4) is 0 Å². The van der Waals surface area contributed by atoms with Crippen LogP contribution in [0.15, 0.2) is 24.3 Å². The van der Waals surface area contributed by atoms with E-state index in [1.165, 1.54) is 0 Å². The van der Waals surface area contributed by atoms with Gasteiger partial charge < -0.3 is 19.9 Å². The zero-order valence-electron chi connectivity index (χ0n) is 14.7. The van der Waals surface area contributed by atoms with Crippen LogP contribution < -0.4 is 11.2 Å². The lowest BCUT2D eigenvalue weighted by molar-refractivity contribution is 0.00578. The van der Waals surface area contributed by atoms with Crippen molar-refractivity contribution in [2.75, 3.05) is 13.1 Å². The van der Waals surface area contributed by atoms with Gasteiger partial charge in [-0.25, -0.2) is 0 Å². The number of halogens is 1. The van der Waals surface area contributed by atoms with E-state index in [4.69, 9.17) is 15.0 Å². The number of rotatable bonds is 2. The van der Waals surface area contributed by atoms with Crippen LogP contribution >= 0.6 is 12.4 Å². The molecule has 1 aromatic carbocycles. The standard InChI is InChI=1S/C17H25BN2O3.ClH/c1-16(2)17(3,4)23-18(22-16)13-7-5-6-12(10-13)15(21)20-9-8-14(19)11-20;/h5-7,10,14H,8-9,11,19H2,1-4H3;1H. The molecular weight excluding hydrogens is 326 g/mol. The highest BCUT2D eigenvalue weighted by Crippen LogP contribution is 2.36. The summed E-state index contributed by atoms with van der Waals surface area (Å²) in [5.41, 5.74) is 6.65. The number of nitrogens with two attached hydrogens (primary N) is 1. The molecule has 0 spiro atoms. The lowest BCUT2D eigenvalue weighted by Crippen LogP contribution is -2.41. The Balaban J connectivity index is 0.00000208. The second kappa shape index (κ2) is 6.67. The summed E-state index contributed by atoms with van der Waals surface area (Å²) in [6, 6.07) is 7.61. The van der Waals surface area contributed by atoms with E-state index in [1.807, 2.05) is 56.9 Å². The van der Waals surface area contributed by atoms with Gasteiger partial charge in [0.1, 0.15) is 0 Å². The van der Waals surface area contributed by atoms with Crippen LogP contribution in [-0.2, 0) is 9.31 Å². The van der Waals surface area contributed by atoms with E-state index in [0.29, 0.717) is 12.1 Å². The van der Waals surface area contributed by atoms with E-state index in [-0.39, 0.29) is 35.6 Å². The van der Waals surface area contributed by atoms with Crippen molar-refractivity contribution in [3.63, 3.8) is 0 Å². The zero-order valence-corrected chi connectivity index (χ0v) is 15.6. The maximum Gasteiger partial charge on any atom is 0.494 e. The second-order valence-corrected chi connectivity index (χ2v) is 7.51. The van der Waals surface area contributed by atoms with Crippen LogP contribution in [0.5, 0.6) is 0 Å². The molecule has 2 fully saturated rings. The van der Waals surface area contributed by atoms with E-state index in [9.17, 15) is 4.79 Å². The van der Waals surface area contributed by atoms with Gasteiger partial charge in [0.2, 0.25) is 0 Å². The summed E-state index contributed by atoms with van der Waals surface area (Å²) in [6.45, 7) is 9.43. The van der Waals surface area contributed by atoms with Crippen LogP contribution in [-0.4, -0.2) is 48.3 Å². The number of hydrogen-bond acceptors (Lipinski definition) is 4. The predicted molar refractivity (Wildman–Crippen MR) is 97.9 cm³/mol. The van der Waals surface area contributed by atoms with Gasteiger partial charge in [-0.05, 0) is 51.7 Å². The molecule has 2 aliphatic rings. The van der Waals surface area contributed by atoms with Gasteiger partial charge in [-0.15, -0.1) is 12.4 Å². The van der Waals surface area contributed by atoms with Gasteiger partial charge >= 0.3 is 7.12 Å². The van der Waals surface area contributed by atoms with Gasteiger partial charge in [-0.3, -0.25) is 4.79 Å². The van der Waals surface area contributed by atoms with Gasteiger partial charge in [0.05, 0.1) is 11.2 Å². The van der Waals surface area contributed by atoms with E-state index in [2.05, 4.69) is 0 Å². The molecule has 0 aliphatic carbocycles. The van der Waals surface area contributed by atoms with Crippen molar-refractivity contribution in [1.82, 2.24) is 4.90 Å². The summed E-state index contributed by atoms with van der Waals surface area (Å²) in [5.74, 6) is 0.0244. The van der Waals surface area contributed by atoms with Gasteiger partial charge in [0.25, 0.3) is 5.91 Å². The Morgan fingerprint density at radius 3 is 2.42 bits per heavy atom. The van der Waals surface area contributed by atoms with Gasteiger partial charge in [-0.1, -0.05) is 12.1 Å². The van der Waals surface area contributed by atoms with Crippen molar-refractivity contribution in [3.05, 3.63) is 29.8 Å². The number of likely N-dealkylation sites (tertiary alicyclic amines) is 1. The SMILES string of the molecule is CC1(C)OB(c2cccc(C(=O)N3CCC(N)C3)c2)OC1(C)C.Cl. The smallest absolute Gasteiger partial charge is 0.399 e. The van der Waals surface area contributed by atoms with Crippen LogP contribution in [0.2, 0.25) is 0 Å². The summed E-state index contributed by atoms with van der Waals surface area (Å²) >= 11 is 0. The zero-order chi connectivity index (χ0) is 16.8. The molecule has 0 bridgehead atoms. The first-order valence-corrected chi connectivity index (χ1v) is 8.20. The fraction of sp³-hybridized carbons (Fsp3) is 0.588. The highest BCUT2D eigenvalue weighted by molar-refractivity contribution is 6.62. The Labute approximate surface area is 150 Å². The minimum absolute atomic E-state index is 0. The Kier molecular flexibility index (Phi) is 5.35. The van der Waals surface area contributed by atoms with Crippen molar-refractivity contribution >= 4 is 30.9 Å². The molecule has 2 N–H and O–H groups in total. The Hall–Kier alpha value is -1.08. The minimum Gasteiger partial charge on any atom is -0.399 e. The first kappa shape index (κ1) is 19.3. The molecule has 1 aromatic rings. The molecule has 132 valence electrons. The molecule has 0 saturated carbocycles. The largest absolute Gasteiger partial charge is 0.494 e. The topological polar surface area (TPSA) is 64.8 Å². The number of carbonyl (C=O) groups excluding carboxylic acids is 1. The summed E-state index contributed by atoms with van der Waals surface area (Å²) < 4.78 is 12.1. The summed E-state index contributed by atoms with van der Waals surface area (Å²) in [5, 5.41) is 0. The number of carbonyl (C=O) groups is 1. The Bertz CT molecular complexity index is 608. The number of benzene rings is 1. The molecule has 2 heterocycles. The van der Waals surface area contributed by atoms with E-state index in [0.717, 1.165) is 18.4 Å². The molecule has 0 radical (unpaired) electrons. The molecule has 1 unspecified atom stereocenters. The lowest BCUT2D eigenvalue weighted by Gasteiger charge is -2.32. The third-order valence-corrected chi connectivity index (χ3v) is 5.17. The summed E-state index contributed by atoms with van der Waals surface area (Å²) in [4.78, 5) is 14.4. The van der Waals surface area contributed by atoms with E-state index < -0.39 is 7.12 Å². The van der Waals surface area contributed by atoms with Crippen molar-refractivity contribution in [1.29, 1.82) is 0 Å². The quantitative estimate of drug-likeness (QED) is 0.821. The summed E-state index contributed by atoms with van der Waals surface area (Å²) in [7, 11) is -0.450. The van der Waals surface area contributed by atoms with Crippen LogP contribution in [0, 0.1) is 0 Å². The van der Waals surface area contributed by atoms with Crippen molar-refractivity contribution < 1.29 is 14.1 Å². The van der Waals surface area contributed by atoms with Crippen molar-refractivity contribution in [2.45, 2.75) is 51.4 Å². The molecule has 0 aromatic heterocycles. The minimum atomic E-state index is -0.450. The fourth-order valence-electron chi connectivity index (χ4n) is 2.95. The third-order valence-electron chi connectivity index (χ3n) is 5.17. The monoisotopic (exact) mass is 352 g/mol. The van der Waals surface area contributed by atoms with Crippen LogP contribution in [0.25, 0.3) is 0 Å². The normalized spacial score (nSPS) is 24.8. The molecule has 1 atom stereocenters. The van der Waals surface area contributed by atoms with Gasteiger partial charge in [0, 0.05) is 24.7 Å². The molecule has 3 rings (SSSR count). The molecule has 2 aliphatic heterocycles. The average Bonchev–Trinajstić information content (AvgIpc) is 3.00. The average molecular weight is 353 g/mol. The van der Waals surface area contributed by atoms with E-state index in [1.54, 1.807) is 0 Å². The molecule has 5 nitrogen and oxygen atoms in total. The van der Waals surface area contributed by atoms with Crippen LogP contribution in [0.1, 0.15) is 44.5 Å². The molecule has 24 heavy (non-hydrogen) atoms. The first-order chi connectivity index (χ1) is 10.7. The maximum absolute atomic E-state index is 12.6. The van der Waals surface area contributed by atoms with Gasteiger partial charge in [-0.2, -0.15) is 0 Å². The lowest BCUT2D eigenvalue weighted by atomic mass is 9.78. The van der Waals surface area contributed by atoms with Crippen molar-refractivity contribution in [3.8, 4) is 0 Å².